The van der Waals surface area contributed by atoms with Gasteiger partial charge in [0.25, 0.3) is 5.91 Å². The number of oxazole rings is 1. The number of aromatic nitrogens is 1. The average molecular weight is 357 g/mol. The van der Waals surface area contributed by atoms with Crippen molar-refractivity contribution in [2.75, 3.05) is 26.2 Å². The van der Waals surface area contributed by atoms with Gasteiger partial charge in [0.15, 0.2) is 12.1 Å². The molecule has 4 aliphatic rings. The van der Waals surface area contributed by atoms with Gasteiger partial charge in [0.1, 0.15) is 5.76 Å². The second kappa shape index (κ2) is 6.10. The minimum atomic E-state index is -0.360. The number of rotatable bonds is 4. The molecule has 0 aromatic carbocycles. The van der Waals surface area contributed by atoms with Crippen LogP contribution in [0.5, 0.6) is 0 Å². The van der Waals surface area contributed by atoms with E-state index in [0.717, 1.165) is 51.0 Å². The third-order valence-corrected chi connectivity index (χ3v) is 6.91. The maximum absolute atomic E-state index is 13.2. The molecule has 140 valence electrons. The lowest BCUT2D eigenvalue weighted by Gasteiger charge is -2.42. The monoisotopic (exact) mass is 357 g/mol. The number of likely N-dealkylation sites (tertiary alicyclic amines) is 2. The van der Waals surface area contributed by atoms with E-state index < -0.39 is 0 Å². The maximum atomic E-state index is 13.2. The normalized spacial score (nSPS) is 29.5. The summed E-state index contributed by atoms with van der Waals surface area (Å²) in [5.74, 6) is 2.04. The van der Waals surface area contributed by atoms with Gasteiger partial charge in [0, 0.05) is 32.1 Å². The highest BCUT2D eigenvalue weighted by Gasteiger charge is 2.50. The highest BCUT2D eigenvalue weighted by Crippen LogP contribution is 2.44. The molecule has 26 heavy (non-hydrogen) atoms. The molecule has 6 heteroatoms. The standard InChI is InChI=1S/C20H27N3O3/c24-18(16-17(15-5-6-15)26-13-21-16)23-10-8-20(12-23)7-2-9-22(19(20)25)11-14-3-1-4-14/h13-15H,1-12H2/t20-/m1/s1. The number of carbonyl (C=O) groups is 2. The van der Waals surface area contributed by atoms with Crippen LogP contribution in [0.1, 0.15) is 73.5 Å². The Balaban J connectivity index is 1.30. The fourth-order valence-corrected chi connectivity index (χ4v) is 4.94. The Hall–Kier alpha value is -1.85. The molecule has 4 fully saturated rings. The van der Waals surface area contributed by atoms with Crippen LogP contribution in [0.3, 0.4) is 0 Å². The number of amides is 2. The molecular weight excluding hydrogens is 330 g/mol. The molecule has 5 rings (SSSR count). The smallest absolute Gasteiger partial charge is 0.276 e. The van der Waals surface area contributed by atoms with E-state index in [-0.39, 0.29) is 17.2 Å². The first-order chi connectivity index (χ1) is 12.7. The van der Waals surface area contributed by atoms with E-state index in [1.54, 1.807) is 0 Å². The van der Waals surface area contributed by atoms with Crippen molar-refractivity contribution in [3.63, 3.8) is 0 Å². The van der Waals surface area contributed by atoms with E-state index in [1.165, 1.54) is 25.7 Å². The number of hydrogen-bond donors (Lipinski definition) is 0. The summed E-state index contributed by atoms with van der Waals surface area (Å²) in [6.07, 6.45) is 10.1. The van der Waals surface area contributed by atoms with Crippen molar-refractivity contribution in [1.29, 1.82) is 0 Å². The highest BCUT2D eigenvalue weighted by atomic mass is 16.3. The number of nitrogens with zero attached hydrogens (tertiary/aromatic N) is 3. The number of hydrogen-bond acceptors (Lipinski definition) is 4. The van der Waals surface area contributed by atoms with E-state index >= 15 is 0 Å². The maximum Gasteiger partial charge on any atom is 0.276 e. The molecule has 1 aromatic rings. The van der Waals surface area contributed by atoms with Crippen molar-refractivity contribution in [2.45, 2.75) is 57.3 Å². The van der Waals surface area contributed by atoms with E-state index in [0.29, 0.717) is 30.6 Å². The lowest BCUT2D eigenvalue weighted by atomic mass is 9.77. The molecule has 1 atom stereocenters. The lowest BCUT2D eigenvalue weighted by molar-refractivity contribution is -0.146. The first-order valence-electron chi connectivity index (χ1n) is 10.2. The molecule has 2 saturated carbocycles. The molecule has 1 spiro atoms. The Morgan fingerprint density at radius 2 is 2.04 bits per heavy atom. The molecule has 2 amide bonds. The SMILES string of the molecule is O=C(c1ncoc1C1CC1)N1CC[C@]2(CCCN(CC3CCC3)C2=O)C1. The Labute approximate surface area is 153 Å². The molecule has 2 aliphatic carbocycles. The van der Waals surface area contributed by atoms with Crippen molar-refractivity contribution >= 4 is 11.8 Å². The first-order valence-corrected chi connectivity index (χ1v) is 10.2. The molecule has 2 saturated heterocycles. The molecule has 0 bridgehead atoms. The van der Waals surface area contributed by atoms with Gasteiger partial charge >= 0.3 is 0 Å². The van der Waals surface area contributed by atoms with Crippen LogP contribution in [0.4, 0.5) is 0 Å². The molecule has 0 N–H and O–H groups in total. The fraction of sp³-hybridized carbons (Fsp3) is 0.750. The number of carbonyl (C=O) groups excluding carboxylic acids is 2. The second-order valence-electron chi connectivity index (χ2n) is 8.75. The van der Waals surface area contributed by atoms with Gasteiger partial charge in [-0.3, -0.25) is 9.59 Å². The lowest BCUT2D eigenvalue weighted by Crippen LogP contribution is -2.52. The highest BCUT2D eigenvalue weighted by molar-refractivity contribution is 5.95. The molecule has 1 aromatic heterocycles. The predicted octanol–water partition coefficient (Wildman–Crippen LogP) is 2.81. The topological polar surface area (TPSA) is 66.7 Å². The summed E-state index contributed by atoms with van der Waals surface area (Å²) >= 11 is 0. The van der Waals surface area contributed by atoms with Crippen LogP contribution in [0.2, 0.25) is 0 Å². The van der Waals surface area contributed by atoms with E-state index in [9.17, 15) is 9.59 Å². The molecule has 6 nitrogen and oxygen atoms in total. The van der Waals surface area contributed by atoms with Gasteiger partial charge < -0.3 is 14.2 Å². The van der Waals surface area contributed by atoms with Crippen molar-refractivity contribution in [3.8, 4) is 0 Å². The van der Waals surface area contributed by atoms with Crippen LogP contribution in [-0.4, -0.2) is 52.8 Å². The Morgan fingerprint density at radius 3 is 2.77 bits per heavy atom. The van der Waals surface area contributed by atoms with Gasteiger partial charge in [-0.2, -0.15) is 0 Å². The number of piperidine rings is 1. The minimum Gasteiger partial charge on any atom is -0.447 e. The predicted molar refractivity (Wildman–Crippen MR) is 94.6 cm³/mol. The van der Waals surface area contributed by atoms with Crippen LogP contribution < -0.4 is 0 Å². The summed E-state index contributed by atoms with van der Waals surface area (Å²) in [6.45, 7) is 3.01. The van der Waals surface area contributed by atoms with Gasteiger partial charge in [-0.1, -0.05) is 6.42 Å². The van der Waals surface area contributed by atoms with Crippen molar-refractivity contribution in [1.82, 2.24) is 14.8 Å². The molecule has 0 radical (unpaired) electrons. The summed E-state index contributed by atoms with van der Waals surface area (Å²) in [5, 5.41) is 0. The summed E-state index contributed by atoms with van der Waals surface area (Å²) in [7, 11) is 0. The summed E-state index contributed by atoms with van der Waals surface area (Å²) in [5.41, 5.74) is 0.111. The zero-order valence-electron chi connectivity index (χ0n) is 15.3. The molecule has 0 unspecified atom stereocenters. The quantitative estimate of drug-likeness (QED) is 0.831. The Kier molecular flexibility index (Phi) is 3.83. The fourth-order valence-electron chi connectivity index (χ4n) is 4.94. The van der Waals surface area contributed by atoms with Gasteiger partial charge in [0.05, 0.1) is 5.41 Å². The van der Waals surface area contributed by atoms with Crippen molar-refractivity contribution in [3.05, 3.63) is 17.8 Å². The van der Waals surface area contributed by atoms with Crippen molar-refractivity contribution in [2.24, 2.45) is 11.3 Å². The third-order valence-electron chi connectivity index (χ3n) is 6.91. The summed E-state index contributed by atoms with van der Waals surface area (Å²) < 4.78 is 5.47. The molecule has 3 heterocycles. The largest absolute Gasteiger partial charge is 0.447 e. The van der Waals surface area contributed by atoms with Gasteiger partial charge in [0.2, 0.25) is 5.91 Å². The zero-order chi connectivity index (χ0) is 17.7. The van der Waals surface area contributed by atoms with E-state index in [2.05, 4.69) is 9.88 Å². The molecular formula is C20H27N3O3. The zero-order valence-corrected chi connectivity index (χ0v) is 15.3. The minimum absolute atomic E-state index is 0.0542. The van der Waals surface area contributed by atoms with Gasteiger partial charge in [-0.15, -0.1) is 0 Å². The van der Waals surface area contributed by atoms with E-state index in [4.69, 9.17) is 4.42 Å². The summed E-state index contributed by atoms with van der Waals surface area (Å²) in [6, 6.07) is 0. The Morgan fingerprint density at radius 1 is 1.19 bits per heavy atom. The van der Waals surface area contributed by atoms with Crippen LogP contribution in [0, 0.1) is 11.3 Å². The molecule has 2 aliphatic heterocycles. The van der Waals surface area contributed by atoms with Crippen LogP contribution >= 0.6 is 0 Å². The van der Waals surface area contributed by atoms with E-state index in [1.807, 2.05) is 4.90 Å². The second-order valence-corrected chi connectivity index (χ2v) is 8.75. The third kappa shape index (κ3) is 2.65. The van der Waals surface area contributed by atoms with Gasteiger partial charge in [-0.25, -0.2) is 4.98 Å². The summed E-state index contributed by atoms with van der Waals surface area (Å²) in [4.78, 5) is 34.3. The average Bonchev–Trinajstić information content (AvgIpc) is 3.17. The first kappa shape index (κ1) is 16.3. The van der Waals surface area contributed by atoms with Crippen LogP contribution in [0.15, 0.2) is 10.8 Å². The van der Waals surface area contributed by atoms with Crippen LogP contribution in [0.25, 0.3) is 0 Å². The Bertz CT molecular complexity index is 722. The van der Waals surface area contributed by atoms with Gasteiger partial charge in [-0.05, 0) is 50.9 Å². The van der Waals surface area contributed by atoms with Crippen LogP contribution in [-0.2, 0) is 4.79 Å². The van der Waals surface area contributed by atoms with Crippen molar-refractivity contribution < 1.29 is 14.0 Å².